The molecule has 9 heteroatoms. The molecule has 1 fully saturated rings. The lowest BCUT2D eigenvalue weighted by molar-refractivity contribution is -0.136. The number of H-pyrrole nitrogens is 1. The second-order valence-corrected chi connectivity index (χ2v) is 9.04. The summed E-state index contributed by atoms with van der Waals surface area (Å²) < 4.78 is 5.13. The van der Waals surface area contributed by atoms with Gasteiger partial charge in [-0.15, -0.1) is 0 Å². The monoisotopic (exact) mass is 473 g/mol. The summed E-state index contributed by atoms with van der Waals surface area (Å²) in [7, 11) is 1.62. The predicted octanol–water partition coefficient (Wildman–Crippen LogP) is 5.57. The predicted molar refractivity (Wildman–Crippen MR) is 136 cm³/mol. The second kappa shape index (κ2) is 11.2. The van der Waals surface area contributed by atoms with Gasteiger partial charge in [-0.25, -0.2) is 4.98 Å². The van der Waals surface area contributed by atoms with Gasteiger partial charge >= 0.3 is 0 Å². The zero-order valence-electron chi connectivity index (χ0n) is 20.3. The number of rotatable bonds is 9. The van der Waals surface area contributed by atoms with E-state index in [-0.39, 0.29) is 23.9 Å². The molecule has 35 heavy (non-hydrogen) atoms. The number of nitrogens with one attached hydrogen (secondary N) is 2. The lowest BCUT2D eigenvalue weighted by Crippen LogP contribution is -2.49. The summed E-state index contributed by atoms with van der Waals surface area (Å²) in [5, 5.41) is 6.82. The molecule has 1 amide bonds. The zero-order chi connectivity index (χ0) is 24.8. The van der Waals surface area contributed by atoms with Gasteiger partial charge < -0.3 is 14.6 Å². The molecule has 1 aliphatic rings. The fourth-order valence-corrected chi connectivity index (χ4v) is 4.54. The number of azide groups is 1. The van der Waals surface area contributed by atoms with Gasteiger partial charge in [0.25, 0.3) is 0 Å². The Bertz CT molecular complexity index is 1180. The number of aromatic amines is 1. The lowest BCUT2D eigenvalue weighted by atomic mass is 10.0. The highest BCUT2D eigenvalue weighted by Gasteiger charge is 2.36. The number of imidazole rings is 1. The highest BCUT2D eigenvalue weighted by molar-refractivity contribution is 5.83. The Labute approximate surface area is 205 Å². The first-order valence-corrected chi connectivity index (χ1v) is 11.9. The van der Waals surface area contributed by atoms with Crippen molar-refractivity contribution in [1.29, 1.82) is 0 Å². The molecule has 9 nitrogen and oxygen atoms in total. The van der Waals surface area contributed by atoms with Crippen molar-refractivity contribution in [3.05, 3.63) is 71.0 Å². The van der Waals surface area contributed by atoms with E-state index < -0.39 is 0 Å². The Morgan fingerprint density at radius 3 is 2.49 bits per heavy atom. The van der Waals surface area contributed by atoms with Crippen LogP contribution in [0.15, 0.2) is 59.8 Å². The molecule has 0 saturated carbocycles. The maximum Gasteiger partial charge on any atom is 0.240 e. The maximum atomic E-state index is 13.3. The maximum absolute atomic E-state index is 13.3. The van der Waals surface area contributed by atoms with Gasteiger partial charge in [0.2, 0.25) is 5.91 Å². The molecule has 182 valence electrons. The molecule has 3 aromatic rings. The van der Waals surface area contributed by atoms with Crippen LogP contribution in [0.5, 0.6) is 0 Å². The summed E-state index contributed by atoms with van der Waals surface area (Å²) in [6, 6.07) is 15.3. The highest BCUT2D eigenvalue weighted by atomic mass is 16.5. The number of methoxy groups -OCH3 is 1. The average molecular weight is 474 g/mol. The number of nitrogens with zero attached hydrogens (tertiary/aromatic N) is 5. The van der Waals surface area contributed by atoms with Gasteiger partial charge in [-0.3, -0.25) is 10.1 Å². The van der Waals surface area contributed by atoms with E-state index in [1.165, 1.54) is 0 Å². The van der Waals surface area contributed by atoms with Crippen molar-refractivity contribution in [2.45, 2.75) is 38.8 Å². The highest BCUT2D eigenvalue weighted by Crippen LogP contribution is 2.33. The molecule has 1 aromatic heterocycles. The normalized spacial score (nSPS) is 16.3. The Hall–Kier alpha value is -3.65. The van der Waals surface area contributed by atoms with Crippen LogP contribution in [0.25, 0.3) is 32.8 Å². The van der Waals surface area contributed by atoms with E-state index in [1.807, 2.05) is 37.1 Å². The molecule has 0 radical (unpaired) electrons. The van der Waals surface area contributed by atoms with Gasteiger partial charge in [0, 0.05) is 24.3 Å². The molecule has 1 aliphatic heterocycles. The van der Waals surface area contributed by atoms with Gasteiger partial charge in [0.15, 0.2) is 0 Å². The third-order valence-electron chi connectivity index (χ3n) is 6.38. The summed E-state index contributed by atoms with van der Waals surface area (Å²) in [6.45, 7) is 5.15. The van der Waals surface area contributed by atoms with E-state index in [1.54, 1.807) is 19.2 Å². The minimum atomic E-state index is -0.293. The largest absolute Gasteiger partial charge is 0.370 e. The number of aromatic nitrogens is 2. The molecule has 0 bridgehead atoms. The molecular weight excluding hydrogens is 442 g/mol. The van der Waals surface area contributed by atoms with Crippen LogP contribution in [0, 0.1) is 5.92 Å². The molecule has 0 spiro atoms. The number of hydrogen-bond donors (Lipinski definition) is 2. The Morgan fingerprint density at radius 1 is 1.20 bits per heavy atom. The van der Waals surface area contributed by atoms with Crippen molar-refractivity contribution < 1.29 is 9.53 Å². The van der Waals surface area contributed by atoms with Crippen LogP contribution in [0.4, 0.5) is 5.69 Å². The summed E-state index contributed by atoms with van der Waals surface area (Å²) in [4.78, 5) is 26.2. The van der Waals surface area contributed by atoms with E-state index in [9.17, 15) is 4.79 Å². The Kier molecular flexibility index (Phi) is 7.82. The van der Waals surface area contributed by atoms with E-state index in [0.29, 0.717) is 12.4 Å². The Morgan fingerprint density at radius 2 is 1.86 bits per heavy atom. The SMILES string of the molecule is COCN[C@H](C(=O)N1CCCC1c1ncc(-c2ccc(-c3ccc(N=[N+]=[N-])cc3)cc2)[nH]1)C(C)C. The van der Waals surface area contributed by atoms with Crippen LogP contribution in [0.2, 0.25) is 0 Å². The zero-order valence-corrected chi connectivity index (χ0v) is 20.3. The quantitative estimate of drug-likeness (QED) is 0.183. The molecule has 2 heterocycles. The first-order chi connectivity index (χ1) is 17.0. The van der Waals surface area contributed by atoms with Crippen molar-refractivity contribution >= 4 is 11.6 Å². The molecule has 2 N–H and O–H groups in total. The number of carbonyl (C=O) groups excluding carboxylic acids is 1. The van der Waals surface area contributed by atoms with Crippen LogP contribution >= 0.6 is 0 Å². The van der Waals surface area contributed by atoms with Crippen LogP contribution in [-0.4, -0.2) is 47.2 Å². The van der Waals surface area contributed by atoms with E-state index in [0.717, 1.165) is 47.6 Å². The van der Waals surface area contributed by atoms with Crippen LogP contribution < -0.4 is 5.32 Å². The smallest absolute Gasteiger partial charge is 0.240 e. The third kappa shape index (κ3) is 5.54. The molecule has 2 atom stereocenters. The number of ether oxygens (including phenoxy) is 1. The Balaban J connectivity index is 1.49. The molecule has 2 aromatic carbocycles. The second-order valence-electron chi connectivity index (χ2n) is 9.04. The van der Waals surface area contributed by atoms with Crippen molar-refractivity contribution in [2.24, 2.45) is 11.0 Å². The summed E-state index contributed by atoms with van der Waals surface area (Å²) in [6.07, 6.45) is 3.68. The third-order valence-corrected chi connectivity index (χ3v) is 6.38. The number of benzene rings is 2. The number of carbonyl (C=O) groups is 1. The summed E-state index contributed by atoms with van der Waals surface area (Å²) in [5.41, 5.74) is 13.2. The van der Waals surface area contributed by atoms with Crippen LogP contribution in [0.1, 0.15) is 38.6 Å². The summed E-state index contributed by atoms with van der Waals surface area (Å²) >= 11 is 0. The number of likely N-dealkylation sites (tertiary alicyclic amines) is 1. The molecular formula is C26H31N7O2. The summed E-state index contributed by atoms with van der Waals surface area (Å²) in [5.74, 6) is 1.06. The van der Waals surface area contributed by atoms with Crippen LogP contribution in [0.3, 0.4) is 0 Å². The number of hydrogen-bond acceptors (Lipinski definition) is 5. The fourth-order valence-electron chi connectivity index (χ4n) is 4.54. The minimum absolute atomic E-state index is 0.0595. The van der Waals surface area contributed by atoms with Crippen molar-refractivity contribution in [1.82, 2.24) is 20.2 Å². The van der Waals surface area contributed by atoms with Gasteiger partial charge in [0.05, 0.1) is 30.7 Å². The standard InChI is InChI=1S/C26H31N7O2/c1-17(2)24(29-16-35-3)26(34)33-14-4-5-23(33)25-28-15-22(30-25)20-8-6-18(7-9-20)19-10-12-21(13-11-19)31-32-27/h6-13,15,17,23-24,29H,4-5,14,16H2,1-3H3,(H,28,30)/t23?,24-/m0/s1. The minimum Gasteiger partial charge on any atom is -0.370 e. The molecule has 1 saturated heterocycles. The molecule has 1 unspecified atom stereocenters. The van der Waals surface area contributed by atoms with Gasteiger partial charge in [0.1, 0.15) is 5.82 Å². The first kappa shape index (κ1) is 24.5. The van der Waals surface area contributed by atoms with Crippen molar-refractivity contribution in [3.8, 4) is 22.4 Å². The lowest BCUT2D eigenvalue weighted by Gasteiger charge is -2.30. The van der Waals surface area contributed by atoms with Crippen molar-refractivity contribution in [2.75, 3.05) is 20.4 Å². The van der Waals surface area contributed by atoms with Gasteiger partial charge in [-0.05, 0) is 41.0 Å². The fraction of sp³-hybridized carbons (Fsp3) is 0.385. The van der Waals surface area contributed by atoms with E-state index in [4.69, 9.17) is 10.3 Å². The van der Waals surface area contributed by atoms with Gasteiger partial charge in [-0.1, -0.05) is 67.5 Å². The van der Waals surface area contributed by atoms with Crippen LogP contribution in [-0.2, 0) is 9.53 Å². The molecule has 4 rings (SSSR count). The van der Waals surface area contributed by atoms with Crippen molar-refractivity contribution in [3.63, 3.8) is 0 Å². The molecule has 0 aliphatic carbocycles. The average Bonchev–Trinajstić information content (AvgIpc) is 3.55. The first-order valence-electron chi connectivity index (χ1n) is 11.9. The van der Waals surface area contributed by atoms with Gasteiger partial charge in [-0.2, -0.15) is 0 Å². The topological polar surface area (TPSA) is 119 Å². The number of amides is 1. The van der Waals surface area contributed by atoms with E-state index in [2.05, 4.69) is 49.6 Å². The van der Waals surface area contributed by atoms with E-state index >= 15 is 0 Å².